The van der Waals surface area contributed by atoms with E-state index in [0.717, 1.165) is 57.4 Å². The number of piperazine rings is 1. The Kier molecular flexibility index (Phi) is 7.91. The van der Waals surface area contributed by atoms with Crippen molar-refractivity contribution in [2.75, 3.05) is 79.5 Å². The summed E-state index contributed by atoms with van der Waals surface area (Å²) in [6, 6.07) is 5.52. The fourth-order valence-electron chi connectivity index (χ4n) is 5.00. The number of hydrogen-bond acceptors (Lipinski definition) is 6. The zero-order valence-corrected chi connectivity index (χ0v) is 21.2. The van der Waals surface area contributed by atoms with Crippen molar-refractivity contribution in [3.05, 3.63) is 29.3 Å². The van der Waals surface area contributed by atoms with E-state index in [0.29, 0.717) is 44.2 Å². The molecule has 34 heavy (non-hydrogen) atoms. The highest BCUT2D eigenvalue weighted by Gasteiger charge is 2.31. The highest BCUT2D eigenvalue weighted by Crippen LogP contribution is 2.26. The van der Waals surface area contributed by atoms with E-state index in [2.05, 4.69) is 9.80 Å². The first-order valence-corrected chi connectivity index (χ1v) is 13.7. The lowest BCUT2D eigenvalue weighted by Gasteiger charge is -2.35. The van der Waals surface area contributed by atoms with Crippen LogP contribution >= 0.6 is 0 Å². The van der Waals surface area contributed by atoms with Crippen molar-refractivity contribution in [2.45, 2.75) is 30.6 Å². The molecule has 2 heterocycles. The van der Waals surface area contributed by atoms with Gasteiger partial charge in [0.25, 0.3) is 0 Å². The largest absolute Gasteiger partial charge is 0.348 e. The molecule has 0 spiro atoms. The molecule has 0 N–H and O–H groups in total. The number of sulfonamides is 1. The maximum atomic E-state index is 13.2. The Balaban J connectivity index is 1.26. The monoisotopic (exact) mass is 491 g/mol. The number of carbonyl (C=O) groups is 2. The van der Waals surface area contributed by atoms with Crippen LogP contribution in [0.15, 0.2) is 23.1 Å². The molecule has 9 nitrogen and oxygen atoms in total. The Morgan fingerprint density at radius 2 is 1.47 bits per heavy atom. The number of aryl methyl sites for hydroxylation is 2. The van der Waals surface area contributed by atoms with E-state index >= 15 is 0 Å². The van der Waals surface area contributed by atoms with Gasteiger partial charge in [0.2, 0.25) is 21.8 Å². The second kappa shape index (κ2) is 10.7. The molecule has 0 aromatic heterocycles. The molecule has 2 aliphatic heterocycles. The molecule has 2 fully saturated rings. The van der Waals surface area contributed by atoms with E-state index in [1.165, 1.54) is 9.87 Å². The van der Waals surface area contributed by atoms with Gasteiger partial charge < -0.3 is 9.80 Å². The van der Waals surface area contributed by atoms with Gasteiger partial charge in [0, 0.05) is 53.4 Å². The van der Waals surface area contributed by atoms with Gasteiger partial charge >= 0.3 is 0 Å². The molecule has 2 amide bonds. The molecule has 3 aliphatic rings. The topological polar surface area (TPSA) is 84.5 Å². The van der Waals surface area contributed by atoms with E-state index in [1.807, 2.05) is 12.1 Å². The van der Waals surface area contributed by atoms with Crippen LogP contribution in [0, 0.1) is 0 Å². The molecule has 2 saturated heterocycles. The highest BCUT2D eigenvalue weighted by molar-refractivity contribution is 7.89. The molecule has 1 aromatic carbocycles. The molecule has 4 rings (SSSR count). The standard InChI is InChI=1S/C24H37N5O4S/c1-25(2)23(30)18-26-9-4-10-27(12-11-26)19-24(31)28-13-15-29(16-14-28)34(32,33)22-8-7-20-5-3-6-21(20)17-22/h7-8,17H,3-6,9-16,18-19H2,1-2H3. The number of hydrogen-bond donors (Lipinski definition) is 0. The lowest BCUT2D eigenvalue weighted by atomic mass is 10.1. The van der Waals surface area contributed by atoms with Gasteiger partial charge in [0.1, 0.15) is 0 Å². The Hall–Kier alpha value is -2.01. The van der Waals surface area contributed by atoms with Crippen molar-refractivity contribution in [1.82, 2.24) is 23.9 Å². The molecule has 0 saturated carbocycles. The molecule has 188 valence electrons. The van der Waals surface area contributed by atoms with Crippen LogP contribution in [0.4, 0.5) is 0 Å². The molecule has 1 aliphatic carbocycles. The minimum Gasteiger partial charge on any atom is -0.348 e. The predicted molar refractivity (Wildman–Crippen MR) is 130 cm³/mol. The van der Waals surface area contributed by atoms with Crippen LogP contribution in [0.2, 0.25) is 0 Å². The normalized spacial score (nSPS) is 20.7. The summed E-state index contributed by atoms with van der Waals surface area (Å²) in [4.78, 5) is 33.0. The van der Waals surface area contributed by atoms with Crippen LogP contribution in [0.3, 0.4) is 0 Å². The molecule has 0 bridgehead atoms. The van der Waals surface area contributed by atoms with E-state index in [1.54, 1.807) is 30.0 Å². The third-order valence-corrected chi connectivity index (χ3v) is 9.09. The fraction of sp³-hybridized carbons (Fsp3) is 0.667. The average molecular weight is 492 g/mol. The molecule has 0 radical (unpaired) electrons. The summed E-state index contributed by atoms with van der Waals surface area (Å²) in [5, 5.41) is 0. The Morgan fingerprint density at radius 1 is 0.824 bits per heavy atom. The van der Waals surface area contributed by atoms with Crippen LogP contribution in [-0.4, -0.2) is 124 Å². The summed E-state index contributed by atoms with van der Waals surface area (Å²) < 4.78 is 27.8. The molecular weight excluding hydrogens is 454 g/mol. The molecule has 0 atom stereocenters. The summed E-state index contributed by atoms with van der Waals surface area (Å²) in [6.45, 7) is 5.42. The maximum Gasteiger partial charge on any atom is 0.243 e. The van der Waals surface area contributed by atoms with Gasteiger partial charge in [0.05, 0.1) is 18.0 Å². The predicted octanol–water partition coefficient (Wildman–Crippen LogP) is 0.104. The smallest absolute Gasteiger partial charge is 0.243 e. The Morgan fingerprint density at radius 3 is 2.15 bits per heavy atom. The van der Waals surface area contributed by atoms with Crippen LogP contribution in [-0.2, 0) is 32.5 Å². The van der Waals surface area contributed by atoms with Gasteiger partial charge in [-0.1, -0.05) is 6.07 Å². The second-order valence-electron chi connectivity index (χ2n) is 9.76. The van der Waals surface area contributed by atoms with Crippen LogP contribution in [0.5, 0.6) is 0 Å². The van der Waals surface area contributed by atoms with Crippen LogP contribution in [0.1, 0.15) is 24.0 Å². The lowest BCUT2D eigenvalue weighted by Crippen LogP contribution is -2.52. The summed E-state index contributed by atoms with van der Waals surface area (Å²) in [5.74, 6) is 0.143. The van der Waals surface area contributed by atoms with Crippen molar-refractivity contribution in [2.24, 2.45) is 0 Å². The third-order valence-electron chi connectivity index (χ3n) is 7.20. The van der Waals surface area contributed by atoms with Gasteiger partial charge in [0.15, 0.2) is 0 Å². The Bertz CT molecular complexity index is 1000. The molecule has 1 aromatic rings. The van der Waals surface area contributed by atoms with Crippen molar-refractivity contribution in [3.8, 4) is 0 Å². The third kappa shape index (κ3) is 5.79. The molecule has 10 heteroatoms. The van der Waals surface area contributed by atoms with Crippen LogP contribution in [0.25, 0.3) is 0 Å². The summed E-state index contributed by atoms with van der Waals surface area (Å²) in [7, 11) is -0.00717. The first-order valence-electron chi connectivity index (χ1n) is 12.3. The van der Waals surface area contributed by atoms with E-state index < -0.39 is 10.0 Å². The number of fused-ring (bicyclic) bond motifs is 1. The van der Waals surface area contributed by atoms with E-state index in [-0.39, 0.29) is 11.8 Å². The van der Waals surface area contributed by atoms with Gasteiger partial charge in [-0.05, 0) is 62.0 Å². The zero-order valence-electron chi connectivity index (χ0n) is 20.4. The number of benzene rings is 1. The van der Waals surface area contributed by atoms with Crippen LogP contribution < -0.4 is 0 Å². The number of nitrogens with zero attached hydrogens (tertiary/aromatic N) is 5. The van der Waals surface area contributed by atoms with Gasteiger partial charge in [-0.3, -0.25) is 19.4 Å². The van der Waals surface area contributed by atoms with E-state index in [9.17, 15) is 18.0 Å². The van der Waals surface area contributed by atoms with Gasteiger partial charge in [-0.25, -0.2) is 8.42 Å². The van der Waals surface area contributed by atoms with Crippen molar-refractivity contribution >= 4 is 21.8 Å². The highest BCUT2D eigenvalue weighted by atomic mass is 32.2. The van der Waals surface area contributed by atoms with Gasteiger partial charge in [-0.15, -0.1) is 0 Å². The average Bonchev–Trinajstić information content (AvgIpc) is 3.19. The number of carbonyl (C=O) groups excluding carboxylic acids is 2. The number of rotatable bonds is 6. The number of amides is 2. The maximum absolute atomic E-state index is 13.2. The minimum atomic E-state index is -3.54. The first kappa shape index (κ1) is 25.1. The lowest BCUT2D eigenvalue weighted by molar-refractivity contribution is -0.133. The van der Waals surface area contributed by atoms with Crippen molar-refractivity contribution < 1.29 is 18.0 Å². The Labute approximate surface area is 203 Å². The number of likely N-dealkylation sites (N-methyl/N-ethyl adjacent to an activating group) is 1. The fourth-order valence-corrected chi connectivity index (χ4v) is 6.47. The summed E-state index contributed by atoms with van der Waals surface area (Å²) >= 11 is 0. The van der Waals surface area contributed by atoms with Gasteiger partial charge in [-0.2, -0.15) is 4.31 Å². The minimum absolute atomic E-state index is 0.0485. The summed E-state index contributed by atoms with van der Waals surface area (Å²) in [6.07, 6.45) is 3.98. The molecule has 0 unspecified atom stereocenters. The second-order valence-corrected chi connectivity index (χ2v) is 11.7. The molecular formula is C24H37N5O4S. The summed E-state index contributed by atoms with van der Waals surface area (Å²) in [5.41, 5.74) is 2.41. The quantitative estimate of drug-likeness (QED) is 0.562. The first-order chi connectivity index (χ1) is 16.2. The van der Waals surface area contributed by atoms with E-state index in [4.69, 9.17) is 0 Å². The van der Waals surface area contributed by atoms with Crippen molar-refractivity contribution in [1.29, 1.82) is 0 Å². The van der Waals surface area contributed by atoms with Crippen molar-refractivity contribution in [3.63, 3.8) is 0 Å². The SMILES string of the molecule is CN(C)C(=O)CN1CCCN(CC(=O)N2CCN(S(=O)(=O)c3ccc4c(c3)CCC4)CC2)CC1. The zero-order chi connectivity index (χ0) is 24.3.